The van der Waals surface area contributed by atoms with Gasteiger partial charge in [-0.15, -0.1) is 11.3 Å². The molecule has 1 saturated carbocycles. The molecule has 8 nitrogen and oxygen atoms in total. The van der Waals surface area contributed by atoms with Crippen molar-refractivity contribution in [3.63, 3.8) is 0 Å². The minimum atomic E-state index is -1.38. The molecular formula is C51H53NO7S. The zero-order valence-corrected chi connectivity index (χ0v) is 35.6. The van der Waals surface area contributed by atoms with Gasteiger partial charge in [0.2, 0.25) is 5.78 Å². The molecule has 4 unspecified atom stereocenters. The quantitative estimate of drug-likeness (QED) is 0.110. The number of methoxy groups -OCH3 is 2. The van der Waals surface area contributed by atoms with E-state index in [0.29, 0.717) is 66.2 Å². The van der Waals surface area contributed by atoms with Crippen LogP contribution in [-0.2, 0) is 13.0 Å². The maximum absolute atomic E-state index is 14.8. The summed E-state index contributed by atoms with van der Waals surface area (Å²) < 4.78 is 18.4. The van der Waals surface area contributed by atoms with E-state index in [-0.39, 0.29) is 24.8 Å². The van der Waals surface area contributed by atoms with Crippen LogP contribution in [0.2, 0.25) is 0 Å². The van der Waals surface area contributed by atoms with E-state index < -0.39 is 23.2 Å². The number of amides is 1. The topological polar surface area (TPSA) is 106 Å². The molecule has 1 amide bonds. The second-order valence-electron chi connectivity index (χ2n) is 16.8. The second kappa shape index (κ2) is 17.2. The lowest BCUT2D eigenvalue weighted by Crippen LogP contribution is -2.54. The summed E-state index contributed by atoms with van der Waals surface area (Å²) in [6, 6.07) is 35.0. The Kier molecular flexibility index (Phi) is 11.9. The largest absolute Gasteiger partial charge is 0.497 e. The average Bonchev–Trinajstić information content (AvgIpc) is 3.80. The third kappa shape index (κ3) is 8.31. The summed E-state index contributed by atoms with van der Waals surface area (Å²) in [6.07, 6.45) is 5.16. The Bertz CT molecular complexity index is 2550. The number of carbonyl (C=O) groups excluding carboxylic acids is 2. The SMILES string of the molecule is COc1ccc(CN(CC2(O)CCC3c4ccc(cc4C(=O)c4cc5ccccc5s4)CC(O)CCC(C)=CCCC32C)C(=O)Oc2ccc3ccccc3c2)c(OC)c1. The lowest BCUT2D eigenvalue weighted by molar-refractivity contribution is -0.0802. The van der Waals surface area contributed by atoms with E-state index in [9.17, 15) is 19.8 Å². The van der Waals surface area contributed by atoms with Gasteiger partial charge in [-0.3, -0.25) is 4.79 Å². The summed E-state index contributed by atoms with van der Waals surface area (Å²) in [5, 5.41) is 27.4. The molecule has 3 aliphatic carbocycles. The summed E-state index contributed by atoms with van der Waals surface area (Å²) >= 11 is 1.49. The molecule has 9 rings (SSSR count). The van der Waals surface area contributed by atoms with Crippen LogP contribution in [-0.4, -0.2) is 59.5 Å². The first-order chi connectivity index (χ1) is 29.0. The van der Waals surface area contributed by atoms with Crippen LogP contribution in [0.3, 0.4) is 0 Å². The maximum Gasteiger partial charge on any atom is 0.415 e. The van der Waals surface area contributed by atoms with E-state index >= 15 is 0 Å². The van der Waals surface area contributed by atoms with Crippen LogP contribution in [0.25, 0.3) is 20.9 Å². The van der Waals surface area contributed by atoms with Crippen LogP contribution in [0.5, 0.6) is 17.2 Å². The third-order valence-electron chi connectivity index (χ3n) is 13.1. The van der Waals surface area contributed by atoms with Crippen molar-refractivity contribution in [2.45, 2.75) is 83.0 Å². The Morgan fingerprint density at radius 3 is 2.38 bits per heavy atom. The molecule has 60 heavy (non-hydrogen) atoms. The number of benzene rings is 5. The molecule has 4 atom stereocenters. The number of allylic oxidation sites excluding steroid dienone is 2. The highest BCUT2D eigenvalue weighted by Crippen LogP contribution is 2.59. The molecule has 3 aliphatic rings. The number of ketones is 1. The Balaban J connectivity index is 1.20. The lowest BCUT2D eigenvalue weighted by Gasteiger charge is -2.46. The van der Waals surface area contributed by atoms with E-state index in [0.717, 1.165) is 44.0 Å². The van der Waals surface area contributed by atoms with Crippen molar-refractivity contribution in [3.8, 4) is 17.2 Å². The number of carbonyl (C=O) groups is 2. The average molecular weight is 824 g/mol. The number of aliphatic hydroxyl groups excluding tert-OH is 1. The first kappa shape index (κ1) is 41.3. The summed E-state index contributed by atoms with van der Waals surface area (Å²) in [4.78, 5) is 31.5. The highest BCUT2D eigenvalue weighted by molar-refractivity contribution is 7.21. The number of hydrogen-bond donors (Lipinski definition) is 2. The smallest absolute Gasteiger partial charge is 0.415 e. The van der Waals surface area contributed by atoms with E-state index in [1.54, 1.807) is 31.3 Å². The van der Waals surface area contributed by atoms with Gasteiger partial charge in [0.1, 0.15) is 17.2 Å². The van der Waals surface area contributed by atoms with Crippen molar-refractivity contribution in [1.82, 2.24) is 4.90 Å². The first-order valence-corrected chi connectivity index (χ1v) is 21.7. The van der Waals surface area contributed by atoms with Crippen LogP contribution < -0.4 is 14.2 Å². The number of ether oxygens (including phenoxy) is 3. The number of fused-ring (bicyclic) bond motifs is 10. The molecule has 0 saturated heterocycles. The Hall–Kier alpha value is -5.48. The predicted molar refractivity (Wildman–Crippen MR) is 239 cm³/mol. The third-order valence-corrected chi connectivity index (χ3v) is 14.2. The molecule has 0 spiro atoms. The molecular weight excluding hydrogens is 771 g/mol. The van der Waals surface area contributed by atoms with Gasteiger partial charge in [0.05, 0.1) is 43.9 Å². The molecule has 0 aliphatic heterocycles. The molecule has 6 aromatic rings. The van der Waals surface area contributed by atoms with Gasteiger partial charge in [-0.25, -0.2) is 4.79 Å². The van der Waals surface area contributed by atoms with E-state index in [1.165, 1.54) is 16.9 Å². The van der Waals surface area contributed by atoms with Crippen LogP contribution in [0.4, 0.5) is 4.79 Å². The van der Waals surface area contributed by atoms with Crippen LogP contribution in [0.15, 0.2) is 121 Å². The number of aliphatic hydroxyl groups is 2. The van der Waals surface area contributed by atoms with Crippen LogP contribution in [0.1, 0.15) is 90.2 Å². The summed E-state index contributed by atoms with van der Waals surface area (Å²) in [5.41, 5.74) is 2.15. The fourth-order valence-corrected chi connectivity index (χ4v) is 10.5. The van der Waals surface area contributed by atoms with Gasteiger partial charge >= 0.3 is 6.09 Å². The van der Waals surface area contributed by atoms with Gasteiger partial charge in [-0.1, -0.05) is 79.2 Å². The Labute approximate surface area is 356 Å². The molecule has 2 bridgehead atoms. The van der Waals surface area contributed by atoms with Crippen molar-refractivity contribution in [1.29, 1.82) is 0 Å². The second-order valence-corrected chi connectivity index (χ2v) is 17.9. The number of nitrogens with zero attached hydrogens (tertiary/aromatic N) is 1. The van der Waals surface area contributed by atoms with Crippen molar-refractivity contribution < 1.29 is 34.0 Å². The number of hydrogen-bond acceptors (Lipinski definition) is 8. The zero-order chi connectivity index (χ0) is 42.0. The maximum atomic E-state index is 14.8. The van der Waals surface area contributed by atoms with Crippen molar-refractivity contribution >= 4 is 44.1 Å². The summed E-state index contributed by atoms with van der Waals surface area (Å²) in [6.45, 7) is 4.32. The minimum absolute atomic E-state index is 0.0197. The molecule has 0 radical (unpaired) electrons. The molecule has 1 aromatic heterocycles. The number of thiophene rings is 1. The summed E-state index contributed by atoms with van der Waals surface area (Å²) in [5.74, 6) is 1.29. The molecule has 310 valence electrons. The van der Waals surface area contributed by atoms with Crippen LogP contribution >= 0.6 is 11.3 Å². The highest BCUT2D eigenvalue weighted by Gasteiger charge is 2.58. The molecule has 2 N–H and O–H groups in total. The highest BCUT2D eigenvalue weighted by atomic mass is 32.1. The van der Waals surface area contributed by atoms with Gasteiger partial charge in [-0.05, 0) is 128 Å². The van der Waals surface area contributed by atoms with E-state index in [1.807, 2.05) is 91.0 Å². The molecule has 9 heteroatoms. The first-order valence-electron chi connectivity index (χ1n) is 20.9. The van der Waals surface area contributed by atoms with Crippen LogP contribution in [0, 0.1) is 5.41 Å². The summed E-state index contributed by atoms with van der Waals surface area (Å²) in [7, 11) is 3.18. The molecule has 5 aromatic carbocycles. The number of rotatable bonds is 9. The zero-order valence-electron chi connectivity index (χ0n) is 34.8. The predicted octanol–water partition coefficient (Wildman–Crippen LogP) is 11.0. The van der Waals surface area contributed by atoms with E-state index in [4.69, 9.17) is 14.2 Å². The van der Waals surface area contributed by atoms with Gasteiger partial charge in [0.25, 0.3) is 0 Å². The van der Waals surface area contributed by atoms with Gasteiger partial charge in [-0.2, -0.15) is 0 Å². The lowest BCUT2D eigenvalue weighted by atomic mass is 9.64. The van der Waals surface area contributed by atoms with E-state index in [2.05, 4.69) is 26.0 Å². The van der Waals surface area contributed by atoms with Crippen molar-refractivity contribution in [3.05, 3.63) is 148 Å². The fraction of sp³-hybridized carbons (Fsp3) is 0.333. The van der Waals surface area contributed by atoms with Crippen molar-refractivity contribution in [2.75, 3.05) is 20.8 Å². The van der Waals surface area contributed by atoms with Gasteiger partial charge in [0.15, 0.2) is 0 Å². The molecule has 1 fully saturated rings. The normalized spacial score (nSPS) is 21.9. The Morgan fingerprint density at radius 1 is 0.833 bits per heavy atom. The van der Waals surface area contributed by atoms with Gasteiger partial charge in [0, 0.05) is 27.3 Å². The van der Waals surface area contributed by atoms with Crippen molar-refractivity contribution in [2.24, 2.45) is 5.41 Å². The monoisotopic (exact) mass is 823 g/mol. The van der Waals surface area contributed by atoms with Gasteiger partial charge < -0.3 is 29.3 Å². The molecule has 1 heterocycles. The minimum Gasteiger partial charge on any atom is -0.497 e. The standard InChI is InChI=1S/C51H53NO7S/c1-33-10-9-24-50(2)44(42-22-16-34(26-39(53)19-15-33)27-43(42)48(54)47-29-37-13-7-8-14-46(37)60-47)23-25-51(50,56)32-52(31-38-18-20-40(57-3)30-45(38)58-4)49(55)59-41-21-17-35-11-5-6-12-36(35)28-41/h5-8,10-14,16-18,20-22,27-30,39,44,53,56H,9,15,19,23-26,31-32H2,1-4H3. The fourth-order valence-electron chi connectivity index (χ4n) is 9.51. The Morgan fingerprint density at radius 2 is 1.60 bits per heavy atom.